The summed E-state index contributed by atoms with van der Waals surface area (Å²) < 4.78 is 0. The number of fused-ring (bicyclic) bond motifs is 1. The second kappa shape index (κ2) is 8.49. The van der Waals surface area contributed by atoms with E-state index >= 15 is 0 Å². The number of hydrogen-bond acceptors (Lipinski definition) is 2. The number of carbonyl (C=O) groups is 2. The van der Waals surface area contributed by atoms with Crippen molar-refractivity contribution in [3.8, 4) is 0 Å². The summed E-state index contributed by atoms with van der Waals surface area (Å²) in [6.07, 6.45) is 0.243. The molecule has 0 heterocycles. The number of amides is 2. The lowest BCUT2D eigenvalue weighted by Crippen LogP contribution is -2.32. The molecule has 3 aromatic rings. The smallest absolute Gasteiger partial charge is 0.251 e. The molecule has 2 N–H and O–H groups in total. The lowest BCUT2D eigenvalue weighted by atomic mass is 9.99. The Bertz CT molecular complexity index is 960. The fraction of sp³-hybridized carbons (Fsp3) is 0.217. The highest BCUT2D eigenvalue weighted by Gasteiger charge is 2.13. The zero-order valence-corrected chi connectivity index (χ0v) is 15.7. The highest BCUT2D eigenvalue weighted by atomic mass is 16.2. The number of aryl methyl sites for hydroxylation is 1. The topological polar surface area (TPSA) is 58.2 Å². The van der Waals surface area contributed by atoms with E-state index in [0.717, 1.165) is 21.9 Å². The fourth-order valence-electron chi connectivity index (χ4n) is 3.23. The highest BCUT2D eigenvalue weighted by Crippen LogP contribution is 2.24. The largest absolute Gasteiger partial charge is 0.352 e. The van der Waals surface area contributed by atoms with Crippen molar-refractivity contribution in [1.82, 2.24) is 10.6 Å². The van der Waals surface area contributed by atoms with E-state index < -0.39 is 0 Å². The Morgan fingerprint density at radius 3 is 2.44 bits per heavy atom. The van der Waals surface area contributed by atoms with Gasteiger partial charge in [-0.25, -0.2) is 0 Å². The molecule has 1 unspecified atom stereocenters. The van der Waals surface area contributed by atoms with E-state index in [1.165, 1.54) is 0 Å². The minimum atomic E-state index is -0.150. The molecular weight excluding hydrogens is 336 g/mol. The van der Waals surface area contributed by atoms with Gasteiger partial charge in [0, 0.05) is 18.5 Å². The van der Waals surface area contributed by atoms with Gasteiger partial charge < -0.3 is 10.6 Å². The molecule has 0 bridgehead atoms. The van der Waals surface area contributed by atoms with Crippen LogP contribution in [0, 0.1) is 6.92 Å². The normalized spacial score (nSPS) is 11.8. The minimum Gasteiger partial charge on any atom is -0.352 e. The van der Waals surface area contributed by atoms with E-state index in [4.69, 9.17) is 0 Å². The Balaban J connectivity index is 1.55. The van der Waals surface area contributed by atoms with E-state index in [1.54, 1.807) is 6.07 Å². The van der Waals surface area contributed by atoms with Crippen LogP contribution in [0.3, 0.4) is 0 Å². The zero-order chi connectivity index (χ0) is 19.2. The maximum atomic E-state index is 12.3. The molecule has 4 heteroatoms. The molecule has 0 aliphatic heterocycles. The summed E-state index contributed by atoms with van der Waals surface area (Å²) in [7, 11) is 0. The van der Waals surface area contributed by atoms with Crippen LogP contribution in [0.25, 0.3) is 10.8 Å². The Kier molecular flexibility index (Phi) is 5.87. The fourth-order valence-corrected chi connectivity index (χ4v) is 3.23. The van der Waals surface area contributed by atoms with Crippen LogP contribution in [0.1, 0.15) is 40.9 Å². The Morgan fingerprint density at radius 2 is 1.63 bits per heavy atom. The number of carbonyl (C=O) groups excluding carboxylic acids is 2. The standard InChI is InChI=1S/C23H24N2O2/c1-16-8-3-5-11-19(16)23(27)24-15-14-22(26)25-17(2)20-13-7-10-18-9-4-6-12-21(18)20/h3-13,17H,14-15H2,1-2H3,(H,24,27)(H,25,26). The quantitative estimate of drug-likeness (QED) is 0.694. The lowest BCUT2D eigenvalue weighted by molar-refractivity contribution is -0.121. The number of rotatable bonds is 6. The molecule has 0 saturated carbocycles. The average molecular weight is 360 g/mol. The lowest BCUT2D eigenvalue weighted by Gasteiger charge is -2.17. The first-order valence-electron chi connectivity index (χ1n) is 9.17. The Hall–Kier alpha value is -3.14. The molecular formula is C23H24N2O2. The number of benzene rings is 3. The maximum Gasteiger partial charge on any atom is 0.251 e. The van der Waals surface area contributed by atoms with Crippen LogP contribution >= 0.6 is 0 Å². The molecule has 0 radical (unpaired) electrons. The van der Waals surface area contributed by atoms with Crippen LogP contribution in [-0.2, 0) is 4.79 Å². The number of nitrogens with one attached hydrogen (secondary N) is 2. The monoisotopic (exact) mass is 360 g/mol. The highest BCUT2D eigenvalue weighted by molar-refractivity contribution is 5.95. The molecule has 0 fully saturated rings. The van der Waals surface area contributed by atoms with Gasteiger partial charge >= 0.3 is 0 Å². The first-order valence-corrected chi connectivity index (χ1v) is 9.17. The van der Waals surface area contributed by atoms with Gasteiger partial charge in [0.1, 0.15) is 0 Å². The van der Waals surface area contributed by atoms with Gasteiger partial charge in [0.2, 0.25) is 5.91 Å². The van der Waals surface area contributed by atoms with Crippen LogP contribution in [-0.4, -0.2) is 18.4 Å². The van der Waals surface area contributed by atoms with Crippen molar-refractivity contribution >= 4 is 22.6 Å². The summed E-state index contributed by atoms with van der Waals surface area (Å²) in [6.45, 7) is 4.18. The molecule has 4 nitrogen and oxygen atoms in total. The molecule has 1 atom stereocenters. The second-order valence-electron chi connectivity index (χ2n) is 6.68. The van der Waals surface area contributed by atoms with Crippen LogP contribution < -0.4 is 10.6 Å². The summed E-state index contributed by atoms with van der Waals surface area (Å²) >= 11 is 0. The van der Waals surface area contributed by atoms with Gasteiger partial charge in [0.05, 0.1) is 6.04 Å². The van der Waals surface area contributed by atoms with Crippen molar-refractivity contribution in [3.05, 3.63) is 83.4 Å². The van der Waals surface area contributed by atoms with Gasteiger partial charge in [-0.1, -0.05) is 60.7 Å². The Labute approximate surface area is 159 Å². The van der Waals surface area contributed by atoms with Crippen molar-refractivity contribution in [2.45, 2.75) is 26.3 Å². The Morgan fingerprint density at radius 1 is 0.926 bits per heavy atom. The minimum absolute atomic E-state index is 0.0829. The van der Waals surface area contributed by atoms with Crippen molar-refractivity contribution in [1.29, 1.82) is 0 Å². The zero-order valence-electron chi connectivity index (χ0n) is 15.7. The van der Waals surface area contributed by atoms with E-state index in [1.807, 2.05) is 56.3 Å². The van der Waals surface area contributed by atoms with E-state index in [9.17, 15) is 9.59 Å². The molecule has 0 saturated heterocycles. The van der Waals surface area contributed by atoms with Crippen LogP contribution in [0.15, 0.2) is 66.7 Å². The summed E-state index contributed by atoms with van der Waals surface area (Å²) in [5.41, 5.74) is 2.65. The third-order valence-corrected chi connectivity index (χ3v) is 4.69. The van der Waals surface area contributed by atoms with Gasteiger partial charge in [-0.2, -0.15) is 0 Å². The molecule has 2 amide bonds. The van der Waals surface area contributed by atoms with Crippen molar-refractivity contribution < 1.29 is 9.59 Å². The van der Waals surface area contributed by atoms with Gasteiger partial charge in [-0.15, -0.1) is 0 Å². The second-order valence-corrected chi connectivity index (χ2v) is 6.68. The van der Waals surface area contributed by atoms with Crippen LogP contribution in [0.5, 0.6) is 0 Å². The third-order valence-electron chi connectivity index (χ3n) is 4.69. The molecule has 0 aliphatic carbocycles. The molecule has 138 valence electrons. The third kappa shape index (κ3) is 4.53. The van der Waals surface area contributed by atoms with E-state index in [-0.39, 0.29) is 24.3 Å². The molecule has 3 aromatic carbocycles. The number of hydrogen-bond donors (Lipinski definition) is 2. The molecule has 0 aliphatic rings. The molecule has 0 spiro atoms. The predicted octanol–water partition coefficient (Wildman–Crippen LogP) is 4.15. The van der Waals surface area contributed by atoms with Gasteiger partial charge in [0.15, 0.2) is 0 Å². The van der Waals surface area contributed by atoms with Crippen LogP contribution in [0.4, 0.5) is 0 Å². The SMILES string of the molecule is Cc1ccccc1C(=O)NCCC(=O)NC(C)c1cccc2ccccc12. The van der Waals surface area contributed by atoms with Gasteiger partial charge in [-0.05, 0) is 41.8 Å². The van der Waals surface area contributed by atoms with Crippen molar-refractivity contribution in [2.75, 3.05) is 6.54 Å². The van der Waals surface area contributed by atoms with Gasteiger partial charge in [0.25, 0.3) is 5.91 Å². The van der Waals surface area contributed by atoms with Crippen molar-refractivity contribution in [3.63, 3.8) is 0 Å². The van der Waals surface area contributed by atoms with E-state index in [0.29, 0.717) is 12.1 Å². The average Bonchev–Trinajstić information content (AvgIpc) is 2.67. The summed E-state index contributed by atoms with van der Waals surface area (Å²) in [5, 5.41) is 8.13. The molecule has 0 aromatic heterocycles. The summed E-state index contributed by atoms with van der Waals surface area (Å²) in [5.74, 6) is -0.233. The predicted molar refractivity (Wildman–Crippen MR) is 109 cm³/mol. The van der Waals surface area contributed by atoms with Gasteiger partial charge in [-0.3, -0.25) is 9.59 Å². The summed E-state index contributed by atoms with van der Waals surface area (Å²) in [4.78, 5) is 24.5. The van der Waals surface area contributed by atoms with E-state index in [2.05, 4.69) is 28.8 Å². The van der Waals surface area contributed by atoms with Crippen LogP contribution in [0.2, 0.25) is 0 Å². The summed E-state index contributed by atoms with van der Waals surface area (Å²) in [6, 6.07) is 21.5. The van der Waals surface area contributed by atoms with Crippen molar-refractivity contribution in [2.24, 2.45) is 0 Å². The first-order chi connectivity index (χ1) is 13.1. The first kappa shape index (κ1) is 18.6. The molecule has 3 rings (SSSR count). The maximum absolute atomic E-state index is 12.3. The molecule has 27 heavy (non-hydrogen) atoms.